The molecule has 2 unspecified atom stereocenters. The van der Waals surface area contributed by atoms with E-state index in [1.54, 1.807) is 11.3 Å². The van der Waals surface area contributed by atoms with Gasteiger partial charge in [0.25, 0.3) is 0 Å². The molecule has 3 rings (SSSR count). The molecular weight excluding hydrogens is 224 g/mol. The van der Waals surface area contributed by atoms with Gasteiger partial charge in [0.15, 0.2) is 0 Å². The summed E-state index contributed by atoms with van der Waals surface area (Å²) < 4.78 is 5.23. The van der Waals surface area contributed by atoms with Gasteiger partial charge < -0.3 is 9.63 Å². The van der Waals surface area contributed by atoms with E-state index in [0.717, 1.165) is 24.8 Å². The fourth-order valence-corrected chi connectivity index (χ4v) is 2.76. The molecule has 5 heteroatoms. The number of hydrogen-bond donors (Lipinski definition) is 1. The lowest BCUT2D eigenvalue weighted by Gasteiger charge is -2.07. The van der Waals surface area contributed by atoms with E-state index in [1.807, 2.05) is 16.8 Å². The molecule has 1 aliphatic rings. The molecule has 1 aliphatic carbocycles. The van der Waals surface area contributed by atoms with Gasteiger partial charge in [0.2, 0.25) is 11.7 Å². The molecule has 1 N–H and O–H groups in total. The first-order valence-electron chi connectivity index (χ1n) is 5.39. The normalized spacial score (nSPS) is 25.1. The van der Waals surface area contributed by atoms with Crippen molar-refractivity contribution in [3.05, 3.63) is 22.7 Å². The molecule has 0 aliphatic heterocycles. The van der Waals surface area contributed by atoms with E-state index in [9.17, 15) is 5.11 Å². The van der Waals surface area contributed by atoms with Crippen LogP contribution >= 0.6 is 11.3 Å². The Morgan fingerprint density at radius 3 is 3.06 bits per heavy atom. The van der Waals surface area contributed by atoms with Gasteiger partial charge in [-0.05, 0) is 30.7 Å². The number of thiophene rings is 1. The van der Waals surface area contributed by atoms with Crippen LogP contribution in [0.5, 0.6) is 0 Å². The summed E-state index contributed by atoms with van der Waals surface area (Å²) >= 11 is 1.61. The van der Waals surface area contributed by atoms with Crippen LogP contribution in [0.15, 0.2) is 21.3 Å². The number of rotatable bonds is 2. The first-order valence-corrected chi connectivity index (χ1v) is 6.33. The van der Waals surface area contributed by atoms with E-state index in [1.165, 1.54) is 0 Å². The fraction of sp³-hybridized carbons (Fsp3) is 0.455. The lowest BCUT2D eigenvalue weighted by Crippen LogP contribution is -2.11. The molecule has 0 aromatic carbocycles. The van der Waals surface area contributed by atoms with Crippen LogP contribution in [0.1, 0.15) is 31.1 Å². The third-order valence-electron chi connectivity index (χ3n) is 3.02. The predicted octanol–water partition coefficient (Wildman–Crippen LogP) is 2.43. The molecule has 84 valence electrons. The molecule has 2 heterocycles. The Hall–Kier alpha value is -1.20. The van der Waals surface area contributed by atoms with Gasteiger partial charge in [-0.15, -0.1) is 0 Å². The van der Waals surface area contributed by atoms with Crippen molar-refractivity contribution in [2.24, 2.45) is 0 Å². The van der Waals surface area contributed by atoms with Gasteiger partial charge in [-0.1, -0.05) is 5.16 Å². The van der Waals surface area contributed by atoms with Crippen LogP contribution in [0.4, 0.5) is 0 Å². The summed E-state index contributed by atoms with van der Waals surface area (Å²) in [4.78, 5) is 4.35. The van der Waals surface area contributed by atoms with Crippen LogP contribution < -0.4 is 0 Å². The smallest absolute Gasteiger partial charge is 0.232 e. The van der Waals surface area contributed by atoms with E-state index in [4.69, 9.17) is 4.52 Å². The monoisotopic (exact) mass is 236 g/mol. The lowest BCUT2D eigenvalue weighted by molar-refractivity contribution is 0.148. The molecular formula is C11H12N2O2S. The van der Waals surface area contributed by atoms with Gasteiger partial charge in [0.05, 0.1) is 12.0 Å². The van der Waals surface area contributed by atoms with Crippen molar-refractivity contribution in [3.63, 3.8) is 0 Å². The fourth-order valence-electron chi connectivity index (χ4n) is 2.12. The molecule has 2 atom stereocenters. The summed E-state index contributed by atoms with van der Waals surface area (Å²) in [7, 11) is 0. The number of aliphatic hydroxyl groups is 1. The molecule has 0 saturated heterocycles. The Labute approximate surface area is 96.9 Å². The SMILES string of the molecule is OC1CCCC1c1nc(-c2ccsc2)no1. The second kappa shape index (κ2) is 3.99. The highest BCUT2D eigenvalue weighted by atomic mass is 32.1. The minimum atomic E-state index is -0.323. The summed E-state index contributed by atoms with van der Waals surface area (Å²) in [5, 5.41) is 17.7. The zero-order valence-corrected chi connectivity index (χ0v) is 9.48. The van der Waals surface area contributed by atoms with E-state index in [0.29, 0.717) is 11.7 Å². The van der Waals surface area contributed by atoms with E-state index in [2.05, 4.69) is 10.1 Å². The Bertz CT molecular complexity index is 466. The van der Waals surface area contributed by atoms with Gasteiger partial charge >= 0.3 is 0 Å². The van der Waals surface area contributed by atoms with Crippen LogP contribution in [0.2, 0.25) is 0 Å². The van der Waals surface area contributed by atoms with E-state index >= 15 is 0 Å². The van der Waals surface area contributed by atoms with Crippen molar-refractivity contribution < 1.29 is 9.63 Å². The Balaban J connectivity index is 1.88. The highest BCUT2D eigenvalue weighted by Crippen LogP contribution is 2.34. The third-order valence-corrected chi connectivity index (χ3v) is 3.70. The summed E-state index contributed by atoms with van der Waals surface area (Å²) in [6, 6.07) is 1.96. The minimum absolute atomic E-state index is 0.0277. The molecule has 4 nitrogen and oxygen atoms in total. The molecule has 1 fully saturated rings. The standard InChI is InChI=1S/C11H12N2O2S/c14-9-3-1-2-8(9)11-12-10(13-15-11)7-4-5-16-6-7/h4-6,8-9,14H,1-3H2. The second-order valence-electron chi connectivity index (χ2n) is 4.07. The van der Waals surface area contributed by atoms with E-state index < -0.39 is 0 Å². The third kappa shape index (κ3) is 1.66. The molecule has 0 radical (unpaired) electrons. The molecule has 2 aromatic rings. The van der Waals surface area contributed by atoms with Crippen molar-refractivity contribution in [3.8, 4) is 11.4 Å². The first kappa shape index (κ1) is 9.99. The quantitative estimate of drug-likeness (QED) is 0.870. The summed E-state index contributed by atoms with van der Waals surface area (Å²) in [5.74, 6) is 1.22. The molecule has 0 spiro atoms. The maximum atomic E-state index is 9.76. The lowest BCUT2D eigenvalue weighted by atomic mass is 10.1. The van der Waals surface area contributed by atoms with Gasteiger partial charge in [0, 0.05) is 10.9 Å². The Morgan fingerprint density at radius 2 is 2.38 bits per heavy atom. The average molecular weight is 236 g/mol. The molecule has 2 aromatic heterocycles. The number of aliphatic hydroxyl groups excluding tert-OH is 1. The highest BCUT2D eigenvalue weighted by Gasteiger charge is 2.31. The summed E-state index contributed by atoms with van der Waals surface area (Å²) in [5.41, 5.74) is 0.979. The first-order chi connectivity index (χ1) is 7.84. The van der Waals surface area contributed by atoms with Crippen molar-refractivity contribution in [2.45, 2.75) is 31.3 Å². The maximum absolute atomic E-state index is 9.76. The minimum Gasteiger partial charge on any atom is -0.392 e. The zero-order chi connectivity index (χ0) is 11.0. The summed E-state index contributed by atoms with van der Waals surface area (Å²) in [6.07, 6.45) is 2.48. The van der Waals surface area contributed by atoms with Crippen LogP contribution in [-0.4, -0.2) is 21.4 Å². The van der Waals surface area contributed by atoms with Crippen molar-refractivity contribution in [1.29, 1.82) is 0 Å². The van der Waals surface area contributed by atoms with Crippen LogP contribution in [0.25, 0.3) is 11.4 Å². The molecule has 0 bridgehead atoms. The van der Waals surface area contributed by atoms with Crippen LogP contribution in [0, 0.1) is 0 Å². The molecule has 16 heavy (non-hydrogen) atoms. The van der Waals surface area contributed by atoms with Crippen molar-refractivity contribution in [2.75, 3.05) is 0 Å². The van der Waals surface area contributed by atoms with Crippen LogP contribution in [0.3, 0.4) is 0 Å². The van der Waals surface area contributed by atoms with Gasteiger partial charge in [-0.25, -0.2) is 0 Å². The maximum Gasteiger partial charge on any atom is 0.232 e. The van der Waals surface area contributed by atoms with Gasteiger partial charge in [-0.3, -0.25) is 0 Å². The zero-order valence-electron chi connectivity index (χ0n) is 8.67. The topological polar surface area (TPSA) is 59.2 Å². The van der Waals surface area contributed by atoms with Crippen molar-refractivity contribution >= 4 is 11.3 Å². The van der Waals surface area contributed by atoms with Crippen LogP contribution in [-0.2, 0) is 0 Å². The number of aromatic nitrogens is 2. The number of hydrogen-bond acceptors (Lipinski definition) is 5. The molecule has 1 saturated carbocycles. The Morgan fingerprint density at radius 1 is 1.44 bits per heavy atom. The molecule has 0 amide bonds. The highest BCUT2D eigenvalue weighted by molar-refractivity contribution is 7.08. The van der Waals surface area contributed by atoms with E-state index in [-0.39, 0.29) is 12.0 Å². The Kier molecular flexibility index (Phi) is 2.49. The van der Waals surface area contributed by atoms with Gasteiger partial charge in [0.1, 0.15) is 0 Å². The number of nitrogens with zero attached hydrogens (tertiary/aromatic N) is 2. The largest absolute Gasteiger partial charge is 0.392 e. The van der Waals surface area contributed by atoms with Crippen molar-refractivity contribution in [1.82, 2.24) is 10.1 Å². The second-order valence-corrected chi connectivity index (χ2v) is 4.85. The average Bonchev–Trinajstić information content (AvgIpc) is 2.96. The summed E-state index contributed by atoms with van der Waals surface area (Å²) in [6.45, 7) is 0. The predicted molar refractivity (Wildman–Crippen MR) is 60.2 cm³/mol. The van der Waals surface area contributed by atoms with Gasteiger partial charge in [-0.2, -0.15) is 16.3 Å².